The highest BCUT2D eigenvalue weighted by Gasteiger charge is 2.34. The van der Waals surface area contributed by atoms with Crippen molar-refractivity contribution < 1.29 is 13.2 Å². The molecule has 2 aliphatic rings. The number of nitrogens with zero attached hydrogens (tertiary/aromatic N) is 2. The summed E-state index contributed by atoms with van der Waals surface area (Å²) in [5.74, 6) is -0.306. The summed E-state index contributed by atoms with van der Waals surface area (Å²) in [5.41, 5.74) is 0.528. The molecular formula is C18H24Cl2N2O3S. The van der Waals surface area contributed by atoms with E-state index in [4.69, 9.17) is 23.2 Å². The van der Waals surface area contributed by atoms with Crippen LogP contribution >= 0.6 is 23.2 Å². The molecule has 0 bridgehead atoms. The quantitative estimate of drug-likeness (QED) is 0.750. The molecule has 2 fully saturated rings. The van der Waals surface area contributed by atoms with E-state index in [2.05, 4.69) is 0 Å². The molecule has 1 aromatic rings. The monoisotopic (exact) mass is 418 g/mol. The lowest BCUT2D eigenvalue weighted by Gasteiger charge is -2.35. The molecule has 1 atom stereocenters. The van der Waals surface area contributed by atoms with Crippen LogP contribution in [-0.2, 0) is 20.6 Å². The lowest BCUT2D eigenvalue weighted by molar-refractivity contribution is -0.137. The maximum absolute atomic E-state index is 12.8. The molecule has 1 amide bonds. The molecule has 0 aromatic heterocycles. The van der Waals surface area contributed by atoms with Crippen molar-refractivity contribution >= 4 is 39.1 Å². The maximum atomic E-state index is 12.8. The SMILES string of the molecule is O=C([C@@H]1CCCN(S(=O)(=O)Cc2ccc(Cl)cc2Cl)C1)N1CCCCC1. The van der Waals surface area contributed by atoms with E-state index in [0.29, 0.717) is 28.6 Å². The highest BCUT2D eigenvalue weighted by Crippen LogP contribution is 2.27. The Hall–Kier alpha value is -0.820. The predicted molar refractivity (Wildman–Crippen MR) is 104 cm³/mol. The van der Waals surface area contributed by atoms with Crippen molar-refractivity contribution in [1.82, 2.24) is 9.21 Å². The number of rotatable bonds is 4. The molecule has 0 saturated carbocycles. The largest absolute Gasteiger partial charge is 0.342 e. The summed E-state index contributed by atoms with van der Waals surface area (Å²) in [7, 11) is -3.53. The highest BCUT2D eigenvalue weighted by molar-refractivity contribution is 7.88. The number of carbonyl (C=O) groups excluding carboxylic acids is 1. The van der Waals surface area contributed by atoms with Crippen molar-refractivity contribution in [3.05, 3.63) is 33.8 Å². The second-order valence-corrected chi connectivity index (χ2v) is 9.89. The van der Waals surface area contributed by atoms with Crippen LogP contribution in [0.5, 0.6) is 0 Å². The molecule has 0 aliphatic carbocycles. The minimum absolute atomic E-state index is 0.106. The Bertz CT molecular complexity index is 764. The Morgan fingerprint density at radius 1 is 1.08 bits per heavy atom. The number of likely N-dealkylation sites (tertiary alicyclic amines) is 1. The average Bonchev–Trinajstić information content (AvgIpc) is 2.64. The molecule has 8 heteroatoms. The van der Waals surface area contributed by atoms with Crippen LogP contribution in [0, 0.1) is 5.92 Å². The van der Waals surface area contributed by atoms with Crippen LogP contribution in [0.1, 0.15) is 37.7 Å². The number of piperidine rings is 2. The molecule has 2 heterocycles. The third-order valence-corrected chi connectivity index (χ3v) is 7.53. The summed E-state index contributed by atoms with van der Waals surface area (Å²) in [5, 5.41) is 0.820. The molecule has 5 nitrogen and oxygen atoms in total. The van der Waals surface area contributed by atoms with Gasteiger partial charge in [0.15, 0.2) is 0 Å². The van der Waals surface area contributed by atoms with Gasteiger partial charge in [-0.1, -0.05) is 29.3 Å². The van der Waals surface area contributed by atoms with Crippen molar-refractivity contribution in [3.63, 3.8) is 0 Å². The smallest absolute Gasteiger partial charge is 0.227 e. The van der Waals surface area contributed by atoms with Gasteiger partial charge in [-0.3, -0.25) is 4.79 Å². The third kappa shape index (κ3) is 4.71. The summed E-state index contributed by atoms with van der Waals surface area (Å²) < 4.78 is 27.1. The topological polar surface area (TPSA) is 57.7 Å². The van der Waals surface area contributed by atoms with E-state index in [9.17, 15) is 13.2 Å². The van der Waals surface area contributed by atoms with E-state index in [1.165, 1.54) is 4.31 Å². The lowest BCUT2D eigenvalue weighted by Crippen LogP contribution is -2.48. The fourth-order valence-corrected chi connectivity index (χ4v) is 5.89. The number of amides is 1. The second kappa shape index (κ2) is 8.46. The molecule has 0 radical (unpaired) electrons. The van der Waals surface area contributed by atoms with E-state index in [-0.39, 0.29) is 24.1 Å². The molecule has 1 aromatic carbocycles. The minimum atomic E-state index is -3.53. The van der Waals surface area contributed by atoms with Crippen LogP contribution in [0.3, 0.4) is 0 Å². The molecule has 0 N–H and O–H groups in total. The summed E-state index contributed by atoms with van der Waals surface area (Å²) in [6.45, 7) is 2.31. The van der Waals surface area contributed by atoms with Gasteiger partial charge in [0, 0.05) is 36.2 Å². The molecule has 2 aliphatic heterocycles. The first-order chi connectivity index (χ1) is 12.4. The van der Waals surface area contributed by atoms with Crippen LogP contribution in [-0.4, -0.2) is 49.7 Å². The predicted octanol–water partition coefficient (Wildman–Crippen LogP) is 3.55. The van der Waals surface area contributed by atoms with Gasteiger partial charge >= 0.3 is 0 Å². The van der Waals surface area contributed by atoms with E-state index in [0.717, 1.165) is 38.8 Å². The lowest BCUT2D eigenvalue weighted by atomic mass is 9.97. The number of halogens is 2. The Balaban J connectivity index is 1.68. The van der Waals surface area contributed by atoms with Gasteiger partial charge in [-0.15, -0.1) is 0 Å². The van der Waals surface area contributed by atoms with E-state index < -0.39 is 10.0 Å². The van der Waals surface area contributed by atoms with Gasteiger partial charge in [0.2, 0.25) is 15.9 Å². The minimum Gasteiger partial charge on any atom is -0.342 e. The zero-order valence-electron chi connectivity index (χ0n) is 14.7. The van der Waals surface area contributed by atoms with Gasteiger partial charge in [0.05, 0.1) is 11.7 Å². The van der Waals surface area contributed by atoms with Crippen LogP contribution in [0.2, 0.25) is 10.0 Å². The first-order valence-corrected chi connectivity index (χ1v) is 11.4. The summed E-state index contributed by atoms with van der Waals surface area (Å²) in [4.78, 5) is 14.6. The molecule has 144 valence electrons. The number of benzene rings is 1. The number of sulfonamides is 1. The first-order valence-electron chi connectivity index (χ1n) is 9.07. The summed E-state index contributed by atoms with van der Waals surface area (Å²) in [6, 6.07) is 4.83. The van der Waals surface area contributed by atoms with Crippen molar-refractivity contribution in [2.24, 2.45) is 5.92 Å². The summed E-state index contributed by atoms with van der Waals surface area (Å²) in [6.07, 6.45) is 4.70. The molecule has 2 saturated heterocycles. The normalized spacial score (nSPS) is 22.4. The zero-order chi connectivity index (χ0) is 18.7. The number of carbonyl (C=O) groups is 1. The van der Waals surface area contributed by atoms with Crippen LogP contribution < -0.4 is 0 Å². The first kappa shape index (κ1) is 19.9. The van der Waals surface area contributed by atoms with E-state index in [1.54, 1.807) is 18.2 Å². The van der Waals surface area contributed by atoms with Crippen molar-refractivity contribution in [2.75, 3.05) is 26.2 Å². The Morgan fingerprint density at radius 3 is 2.50 bits per heavy atom. The summed E-state index contributed by atoms with van der Waals surface area (Å²) >= 11 is 12.0. The van der Waals surface area contributed by atoms with Crippen molar-refractivity contribution in [2.45, 2.75) is 37.9 Å². The second-order valence-electron chi connectivity index (χ2n) is 7.08. The number of hydrogen-bond acceptors (Lipinski definition) is 3. The molecule has 0 spiro atoms. The van der Waals surface area contributed by atoms with Gasteiger partial charge in [-0.05, 0) is 49.8 Å². The molecule has 0 unspecified atom stereocenters. The van der Waals surface area contributed by atoms with Gasteiger partial charge in [0.1, 0.15) is 0 Å². The molecule has 3 rings (SSSR count). The Kier molecular flexibility index (Phi) is 6.49. The number of hydrogen-bond donors (Lipinski definition) is 0. The van der Waals surface area contributed by atoms with Crippen LogP contribution in [0.15, 0.2) is 18.2 Å². The standard InChI is InChI=1S/C18H24Cl2N2O3S/c19-16-7-6-15(17(20)11-16)13-26(24,25)22-10-4-5-14(12-22)18(23)21-8-2-1-3-9-21/h6-7,11,14H,1-5,8-10,12-13H2/t14-/m1/s1. The Labute approximate surface area is 165 Å². The van der Waals surface area contributed by atoms with Crippen molar-refractivity contribution in [1.29, 1.82) is 0 Å². The van der Waals surface area contributed by atoms with Gasteiger partial charge in [0.25, 0.3) is 0 Å². The zero-order valence-corrected chi connectivity index (χ0v) is 17.0. The van der Waals surface area contributed by atoms with Crippen molar-refractivity contribution in [3.8, 4) is 0 Å². The van der Waals surface area contributed by atoms with E-state index in [1.807, 2.05) is 4.90 Å². The van der Waals surface area contributed by atoms with Gasteiger partial charge in [-0.2, -0.15) is 0 Å². The van der Waals surface area contributed by atoms with Crippen LogP contribution in [0.25, 0.3) is 0 Å². The van der Waals surface area contributed by atoms with Gasteiger partial charge < -0.3 is 4.90 Å². The fraction of sp³-hybridized carbons (Fsp3) is 0.611. The highest BCUT2D eigenvalue weighted by atomic mass is 35.5. The Morgan fingerprint density at radius 2 is 1.81 bits per heavy atom. The average molecular weight is 419 g/mol. The third-order valence-electron chi connectivity index (χ3n) is 5.15. The maximum Gasteiger partial charge on any atom is 0.227 e. The van der Waals surface area contributed by atoms with E-state index >= 15 is 0 Å². The van der Waals surface area contributed by atoms with Crippen LogP contribution in [0.4, 0.5) is 0 Å². The molecule has 26 heavy (non-hydrogen) atoms. The van der Waals surface area contributed by atoms with Gasteiger partial charge in [-0.25, -0.2) is 12.7 Å². The molecular weight excluding hydrogens is 395 g/mol. The fourth-order valence-electron chi connectivity index (χ4n) is 3.70.